The van der Waals surface area contributed by atoms with Crippen LogP contribution < -0.4 is 5.43 Å². The van der Waals surface area contributed by atoms with E-state index < -0.39 is 0 Å². The van der Waals surface area contributed by atoms with Crippen LogP contribution in [0.5, 0.6) is 0 Å². The highest BCUT2D eigenvalue weighted by molar-refractivity contribution is 6.32. The molecule has 0 aliphatic heterocycles. The highest BCUT2D eigenvalue weighted by Gasteiger charge is 2.21. The van der Waals surface area contributed by atoms with Crippen molar-refractivity contribution in [1.82, 2.24) is 4.98 Å². The number of hydrogen-bond acceptors (Lipinski definition) is 4. The van der Waals surface area contributed by atoms with Gasteiger partial charge in [-0.2, -0.15) is 0 Å². The van der Waals surface area contributed by atoms with E-state index in [4.69, 9.17) is 16.0 Å². The predicted molar refractivity (Wildman–Crippen MR) is 84.8 cm³/mol. The van der Waals surface area contributed by atoms with Gasteiger partial charge in [0.2, 0.25) is 11.1 Å². The standard InChI is InChI=1S/C17H12ClNO3/c1-8-5-15-10(7-12(8)18)16(21)11-6-9-13(19-17(11)22-15)3-2-4-14(9)20/h5-7H,2-4H2,1H3. The molecule has 5 heteroatoms. The minimum Gasteiger partial charge on any atom is -0.437 e. The highest BCUT2D eigenvalue weighted by atomic mass is 35.5. The van der Waals surface area contributed by atoms with Gasteiger partial charge in [0.25, 0.3) is 0 Å². The number of carbonyl (C=O) groups excluding carboxylic acids is 1. The van der Waals surface area contributed by atoms with Crippen LogP contribution in [0.15, 0.2) is 27.4 Å². The van der Waals surface area contributed by atoms with Crippen LogP contribution in [0.1, 0.15) is 34.5 Å². The molecule has 0 unspecified atom stereocenters. The Morgan fingerprint density at radius 1 is 1.14 bits per heavy atom. The number of hydrogen-bond donors (Lipinski definition) is 0. The van der Waals surface area contributed by atoms with E-state index in [0.29, 0.717) is 33.4 Å². The van der Waals surface area contributed by atoms with Crippen molar-refractivity contribution in [1.29, 1.82) is 0 Å². The third-order valence-corrected chi connectivity index (χ3v) is 4.55. The van der Waals surface area contributed by atoms with Gasteiger partial charge in [0.1, 0.15) is 5.58 Å². The number of aryl methyl sites for hydroxylation is 2. The van der Waals surface area contributed by atoms with E-state index in [1.165, 1.54) is 0 Å². The molecule has 4 nitrogen and oxygen atoms in total. The summed E-state index contributed by atoms with van der Waals surface area (Å²) in [6.07, 6.45) is 2.03. The van der Waals surface area contributed by atoms with Gasteiger partial charge in [-0.25, -0.2) is 4.98 Å². The molecule has 0 saturated carbocycles. The SMILES string of the molecule is Cc1cc2oc3nc4c(cc3c(=O)c2cc1Cl)C(=O)CCC4. The van der Waals surface area contributed by atoms with Crippen LogP contribution in [0.2, 0.25) is 5.02 Å². The Hall–Kier alpha value is -2.20. The molecule has 3 aromatic rings. The fourth-order valence-electron chi connectivity index (χ4n) is 2.92. The summed E-state index contributed by atoms with van der Waals surface area (Å²) in [7, 11) is 0. The lowest BCUT2D eigenvalue weighted by atomic mass is 9.94. The molecule has 0 spiro atoms. The van der Waals surface area contributed by atoms with Crippen LogP contribution in [0.4, 0.5) is 0 Å². The molecule has 0 radical (unpaired) electrons. The maximum atomic E-state index is 12.7. The summed E-state index contributed by atoms with van der Waals surface area (Å²) < 4.78 is 5.78. The first kappa shape index (κ1) is 13.5. The number of carbonyl (C=O) groups is 1. The van der Waals surface area contributed by atoms with Crippen molar-refractivity contribution in [2.75, 3.05) is 0 Å². The van der Waals surface area contributed by atoms with Gasteiger partial charge in [-0.05, 0) is 43.5 Å². The van der Waals surface area contributed by atoms with E-state index in [1.54, 1.807) is 18.2 Å². The lowest BCUT2D eigenvalue weighted by Gasteiger charge is -2.14. The van der Waals surface area contributed by atoms with Crippen molar-refractivity contribution < 1.29 is 9.21 Å². The molecule has 2 aromatic heterocycles. The number of pyridine rings is 1. The largest absolute Gasteiger partial charge is 0.437 e. The van der Waals surface area contributed by atoms with E-state index in [-0.39, 0.29) is 16.9 Å². The first-order valence-corrected chi connectivity index (χ1v) is 7.52. The minimum atomic E-state index is -0.202. The van der Waals surface area contributed by atoms with E-state index in [9.17, 15) is 9.59 Å². The van der Waals surface area contributed by atoms with Crippen LogP contribution in [-0.4, -0.2) is 10.8 Å². The van der Waals surface area contributed by atoms with Gasteiger partial charge in [0.15, 0.2) is 5.78 Å². The summed E-state index contributed by atoms with van der Waals surface area (Å²) in [4.78, 5) is 29.1. The van der Waals surface area contributed by atoms with Crippen molar-refractivity contribution in [3.05, 3.63) is 50.3 Å². The zero-order chi connectivity index (χ0) is 15.4. The Morgan fingerprint density at radius 2 is 1.95 bits per heavy atom. The molecule has 1 aromatic carbocycles. The van der Waals surface area contributed by atoms with Crippen molar-refractivity contribution in [3.8, 4) is 0 Å². The lowest BCUT2D eigenvalue weighted by molar-refractivity contribution is 0.0972. The minimum absolute atomic E-state index is 0.0390. The molecule has 0 saturated heterocycles. The summed E-state index contributed by atoms with van der Waals surface area (Å²) in [6, 6.07) is 4.97. The van der Waals surface area contributed by atoms with E-state index in [2.05, 4.69) is 4.98 Å². The fraction of sp³-hybridized carbons (Fsp3) is 0.235. The zero-order valence-corrected chi connectivity index (χ0v) is 12.7. The molecule has 0 atom stereocenters. The van der Waals surface area contributed by atoms with Gasteiger partial charge in [-0.15, -0.1) is 0 Å². The molecule has 110 valence electrons. The van der Waals surface area contributed by atoms with Gasteiger partial charge < -0.3 is 4.42 Å². The van der Waals surface area contributed by atoms with Crippen LogP contribution in [0, 0.1) is 6.92 Å². The Morgan fingerprint density at radius 3 is 2.77 bits per heavy atom. The summed E-state index contributed by atoms with van der Waals surface area (Å²) >= 11 is 6.10. The molecular weight excluding hydrogens is 302 g/mol. The van der Waals surface area contributed by atoms with Gasteiger partial charge >= 0.3 is 0 Å². The number of benzene rings is 1. The zero-order valence-electron chi connectivity index (χ0n) is 11.9. The van der Waals surface area contributed by atoms with E-state index in [1.807, 2.05) is 6.92 Å². The van der Waals surface area contributed by atoms with Gasteiger partial charge in [0.05, 0.1) is 16.5 Å². The average Bonchev–Trinajstić information content (AvgIpc) is 2.49. The topological polar surface area (TPSA) is 60.2 Å². The Labute approximate surface area is 130 Å². The summed E-state index contributed by atoms with van der Waals surface area (Å²) in [6.45, 7) is 1.85. The van der Waals surface area contributed by atoms with E-state index in [0.717, 1.165) is 24.1 Å². The second-order valence-corrected chi connectivity index (χ2v) is 6.05. The first-order valence-electron chi connectivity index (χ1n) is 7.14. The van der Waals surface area contributed by atoms with E-state index >= 15 is 0 Å². The molecule has 0 fully saturated rings. The summed E-state index contributed by atoms with van der Waals surface area (Å²) in [5, 5.41) is 1.26. The second kappa shape index (κ2) is 4.65. The molecule has 1 aliphatic rings. The quantitative estimate of drug-likeness (QED) is 0.592. The van der Waals surface area contributed by atoms with Gasteiger partial charge in [0, 0.05) is 17.0 Å². The number of ketones is 1. The van der Waals surface area contributed by atoms with Crippen molar-refractivity contribution in [2.45, 2.75) is 26.2 Å². The number of halogens is 1. The third-order valence-electron chi connectivity index (χ3n) is 4.14. The average molecular weight is 314 g/mol. The number of aromatic nitrogens is 1. The van der Waals surface area contributed by atoms with Crippen molar-refractivity contribution in [2.24, 2.45) is 0 Å². The third kappa shape index (κ3) is 1.87. The van der Waals surface area contributed by atoms with Crippen LogP contribution >= 0.6 is 11.6 Å². The smallest absolute Gasteiger partial charge is 0.230 e. The maximum absolute atomic E-state index is 12.7. The summed E-state index contributed by atoms with van der Waals surface area (Å²) in [5.41, 5.74) is 2.65. The normalized spacial score (nSPS) is 14.5. The predicted octanol–water partition coefficient (Wildman–Crippen LogP) is 3.82. The molecule has 4 rings (SSSR count). The van der Waals surface area contributed by atoms with Crippen molar-refractivity contribution in [3.63, 3.8) is 0 Å². The van der Waals surface area contributed by atoms with Crippen molar-refractivity contribution >= 4 is 39.5 Å². The van der Waals surface area contributed by atoms with Gasteiger partial charge in [-0.1, -0.05) is 11.6 Å². The molecule has 2 heterocycles. The number of nitrogens with zero attached hydrogens (tertiary/aromatic N) is 1. The fourth-order valence-corrected chi connectivity index (χ4v) is 3.09. The molecular formula is C17H12ClNO3. The first-order chi connectivity index (χ1) is 10.5. The monoisotopic (exact) mass is 313 g/mol. The molecule has 0 N–H and O–H groups in total. The number of fused-ring (bicyclic) bond motifs is 3. The van der Waals surface area contributed by atoms with Gasteiger partial charge in [-0.3, -0.25) is 9.59 Å². The highest BCUT2D eigenvalue weighted by Crippen LogP contribution is 2.27. The molecule has 0 bridgehead atoms. The number of rotatable bonds is 0. The second-order valence-electron chi connectivity index (χ2n) is 5.64. The Balaban J connectivity index is 2.14. The van der Waals surface area contributed by atoms with Crippen LogP contribution in [0.25, 0.3) is 22.1 Å². The van der Waals surface area contributed by atoms with Crippen LogP contribution in [-0.2, 0) is 6.42 Å². The molecule has 22 heavy (non-hydrogen) atoms. The van der Waals surface area contributed by atoms with Crippen LogP contribution in [0.3, 0.4) is 0 Å². The summed E-state index contributed by atoms with van der Waals surface area (Å²) in [5.74, 6) is 0.0390. The lowest BCUT2D eigenvalue weighted by Crippen LogP contribution is -2.14. The molecule has 0 amide bonds. The number of Topliss-reactive ketones (excluding diaryl/α,β-unsaturated/α-hetero) is 1. The molecule has 1 aliphatic carbocycles. The maximum Gasteiger partial charge on any atom is 0.230 e. The Bertz CT molecular complexity index is 1020. The Kier molecular flexibility index (Phi) is 2.84.